The molecule has 0 amide bonds. The molecule has 16 heavy (non-hydrogen) atoms. The number of nitrogens with zero attached hydrogens (tertiary/aromatic N) is 2. The van der Waals surface area contributed by atoms with E-state index >= 15 is 0 Å². The minimum atomic E-state index is -0.209. The molecule has 0 radical (unpaired) electrons. The van der Waals surface area contributed by atoms with Crippen molar-refractivity contribution in [3.63, 3.8) is 0 Å². The van der Waals surface area contributed by atoms with Gasteiger partial charge in [-0.05, 0) is 26.0 Å². The van der Waals surface area contributed by atoms with Crippen LogP contribution in [0.25, 0.3) is 0 Å². The van der Waals surface area contributed by atoms with Gasteiger partial charge in [0.15, 0.2) is 0 Å². The van der Waals surface area contributed by atoms with Gasteiger partial charge in [0, 0.05) is 30.2 Å². The zero-order valence-corrected chi connectivity index (χ0v) is 9.37. The highest BCUT2D eigenvalue weighted by atomic mass is 19.1. The van der Waals surface area contributed by atoms with E-state index in [2.05, 4.69) is 10.3 Å². The van der Waals surface area contributed by atoms with E-state index < -0.39 is 0 Å². The molecule has 0 aliphatic heterocycles. The topological polar surface area (TPSA) is 29.9 Å². The number of rotatable bonds is 3. The van der Waals surface area contributed by atoms with Crippen molar-refractivity contribution in [2.24, 2.45) is 0 Å². The average Bonchev–Trinajstić information content (AvgIpc) is 2.72. The predicted octanol–water partition coefficient (Wildman–Crippen LogP) is 3.09. The Labute approximate surface area is 93.9 Å². The van der Waals surface area contributed by atoms with Crippen molar-refractivity contribution in [2.75, 3.05) is 5.32 Å². The second-order valence-corrected chi connectivity index (χ2v) is 3.57. The quantitative estimate of drug-likeness (QED) is 0.859. The maximum atomic E-state index is 13.3. The Morgan fingerprint density at radius 1 is 1.44 bits per heavy atom. The maximum absolute atomic E-state index is 13.3. The van der Waals surface area contributed by atoms with Gasteiger partial charge in [0.1, 0.15) is 5.82 Å². The third-order valence-electron chi connectivity index (χ3n) is 2.57. The Balaban J connectivity index is 2.30. The minimum Gasteiger partial charge on any atom is -0.325 e. The third-order valence-corrected chi connectivity index (χ3v) is 2.57. The van der Waals surface area contributed by atoms with Crippen molar-refractivity contribution in [3.05, 3.63) is 42.0 Å². The van der Waals surface area contributed by atoms with Gasteiger partial charge >= 0.3 is 0 Å². The van der Waals surface area contributed by atoms with E-state index in [4.69, 9.17) is 0 Å². The lowest BCUT2D eigenvalue weighted by Gasteiger charge is -2.10. The fourth-order valence-electron chi connectivity index (χ4n) is 1.55. The van der Waals surface area contributed by atoms with Gasteiger partial charge in [-0.2, -0.15) is 0 Å². The summed E-state index contributed by atoms with van der Waals surface area (Å²) >= 11 is 0. The maximum Gasteiger partial charge on any atom is 0.207 e. The van der Waals surface area contributed by atoms with E-state index in [-0.39, 0.29) is 5.82 Å². The highest BCUT2D eigenvalue weighted by molar-refractivity contribution is 5.58. The summed E-state index contributed by atoms with van der Waals surface area (Å²) in [7, 11) is 0. The number of hydrogen-bond acceptors (Lipinski definition) is 2. The van der Waals surface area contributed by atoms with Gasteiger partial charge in [0.2, 0.25) is 5.95 Å². The SMILES string of the molecule is CCn1ccnc1Nc1cccc(F)c1C. The van der Waals surface area contributed by atoms with Gasteiger partial charge in [-0.25, -0.2) is 9.37 Å². The van der Waals surface area contributed by atoms with E-state index in [9.17, 15) is 4.39 Å². The van der Waals surface area contributed by atoms with Gasteiger partial charge in [-0.1, -0.05) is 6.07 Å². The van der Waals surface area contributed by atoms with Gasteiger partial charge < -0.3 is 9.88 Å². The van der Waals surface area contributed by atoms with E-state index in [0.717, 1.165) is 18.2 Å². The molecule has 1 N–H and O–H groups in total. The Morgan fingerprint density at radius 2 is 2.25 bits per heavy atom. The molecule has 0 bridgehead atoms. The van der Waals surface area contributed by atoms with Crippen molar-refractivity contribution in [1.82, 2.24) is 9.55 Å². The Kier molecular flexibility index (Phi) is 2.90. The molecule has 0 aliphatic carbocycles. The molecule has 4 heteroatoms. The Bertz CT molecular complexity index is 491. The van der Waals surface area contributed by atoms with Crippen LogP contribution >= 0.6 is 0 Å². The second kappa shape index (κ2) is 4.35. The molecule has 1 heterocycles. The summed E-state index contributed by atoms with van der Waals surface area (Å²) in [5.74, 6) is 0.524. The Hall–Kier alpha value is -1.84. The zero-order valence-electron chi connectivity index (χ0n) is 9.37. The van der Waals surface area contributed by atoms with Crippen molar-refractivity contribution in [1.29, 1.82) is 0 Å². The van der Waals surface area contributed by atoms with E-state index in [1.807, 2.05) is 23.8 Å². The molecular weight excluding hydrogens is 205 g/mol. The second-order valence-electron chi connectivity index (χ2n) is 3.57. The minimum absolute atomic E-state index is 0.209. The number of aryl methyl sites for hydroxylation is 1. The highest BCUT2D eigenvalue weighted by Gasteiger charge is 2.06. The van der Waals surface area contributed by atoms with Crippen LogP contribution in [0.15, 0.2) is 30.6 Å². The number of benzene rings is 1. The molecule has 0 saturated heterocycles. The van der Waals surface area contributed by atoms with Gasteiger partial charge in [-0.15, -0.1) is 0 Å². The molecule has 0 atom stereocenters. The van der Waals surface area contributed by atoms with Crippen LogP contribution in [0.4, 0.5) is 16.0 Å². The predicted molar refractivity (Wildman–Crippen MR) is 62.3 cm³/mol. The number of aromatic nitrogens is 2. The smallest absolute Gasteiger partial charge is 0.207 e. The molecular formula is C12H14FN3. The van der Waals surface area contributed by atoms with E-state index in [1.165, 1.54) is 6.07 Å². The number of imidazole rings is 1. The first-order chi connectivity index (χ1) is 7.72. The first kappa shape index (κ1) is 10.7. The van der Waals surface area contributed by atoms with Crippen LogP contribution in [0.5, 0.6) is 0 Å². The summed E-state index contributed by atoms with van der Waals surface area (Å²) < 4.78 is 15.3. The van der Waals surface area contributed by atoms with Crippen LogP contribution in [0.2, 0.25) is 0 Å². The number of nitrogens with one attached hydrogen (secondary N) is 1. The normalized spacial score (nSPS) is 10.4. The van der Waals surface area contributed by atoms with Crippen molar-refractivity contribution in [3.8, 4) is 0 Å². The van der Waals surface area contributed by atoms with Crippen LogP contribution in [-0.2, 0) is 6.54 Å². The molecule has 1 aromatic heterocycles. The number of halogens is 1. The van der Waals surface area contributed by atoms with Crippen LogP contribution in [0, 0.1) is 12.7 Å². The Morgan fingerprint density at radius 3 is 3.00 bits per heavy atom. The highest BCUT2D eigenvalue weighted by Crippen LogP contribution is 2.21. The van der Waals surface area contributed by atoms with Crippen LogP contribution in [0.3, 0.4) is 0 Å². The number of hydrogen-bond donors (Lipinski definition) is 1. The fourth-order valence-corrected chi connectivity index (χ4v) is 1.55. The summed E-state index contributed by atoms with van der Waals surface area (Å²) in [6.07, 6.45) is 3.61. The summed E-state index contributed by atoms with van der Waals surface area (Å²) in [4.78, 5) is 4.18. The van der Waals surface area contributed by atoms with Crippen LogP contribution in [-0.4, -0.2) is 9.55 Å². The lowest BCUT2D eigenvalue weighted by molar-refractivity contribution is 0.619. The third kappa shape index (κ3) is 1.91. The molecule has 2 rings (SSSR count). The molecule has 0 spiro atoms. The van der Waals surface area contributed by atoms with Crippen molar-refractivity contribution >= 4 is 11.6 Å². The molecule has 0 saturated carbocycles. The zero-order chi connectivity index (χ0) is 11.5. The average molecular weight is 219 g/mol. The lowest BCUT2D eigenvalue weighted by atomic mass is 10.2. The molecule has 84 valence electrons. The van der Waals surface area contributed by atoms with E-state index in [1.54, 1.807) is 19.2 Å². The molecule has 1 aromatic carbocycles. The number of anilines is 2. The molecule has 2 aromatic rings. The molecule has 0 fully saturated rings. The summed E-state index contributed by atoms with van der Waals surface area (Å²) in [5, 5.41) is 3.12. The van der Waals surface area contributed by atoms with Gasteiger partial charge in [-0.3, -0.25) is 0 Å². The first-order valence-electron chi connectivity index (χ1n) is 5.25. The summed E-state index contributed by atoms with van der Waals surface area (Å²) in [6.45, 7) is 4.61. The first-order valence-corrected chi connectivity index (χ1v) is 5.25. The molecule has 0 aliphatic rings. The molecule has 3 nitrogen and oxygen atoms in total. The van der Waals surface area contributed by atoms with Crippen molar-refractivity contribution < 1.29 is 4.39 Å². The summed E-state index contributed by atoms with van der Waals surface area (Å²) in [5.41, 5.74) is 1.36. The van der Waals surface area contributed by atoms with Crippen LogP contribution in [0.1, 0.15) is 12.5 Å². The van der Waals surface area contributed by atoms with Gasteiger partial charge in [0.05, 0.1) is 0 Å². The van der Waals surface area contributed by atoms with Gasteiger partial charge in [0.25, 0.3) is 0 Å². The monoisotopic (exact) mass is 219 g/mol. The largest absolute Gasteiger partial charge is 0.325 e. The standard InChI is InChI=1S/C12H14FN3/c1-3-16-8-7-14-12(16)15-11-6-4-5-10(13)9(11)2/h4-8H,3H2,1-2H3,(H,14,15). The van der Waals surface area contributed by atoms with Crippen LogP contribution < -0.4 is 5.32 Å². The van der Waals surface area contributed by atoms with E-state index in [0.29, 0.717) is 5.56 Å². The summed E-state index contributed by atoms with van der Waals surface area (Å²) in [6, 6.07) is 4.98. The molecule has 0 unspecified atom stereocenters. The fraction of sp³-hybridized carbons (Fsp3) is 0.250. The van der Waals surface area contributed by atoms with Crippen molar-refractivity contribution in [2.45, 2.75) is 20.4 Å². The lowest BCUT2D eigenvalue weighted by Crippen LogP contribution is -2.03.